The Labute approximate surface area is 150 Å². The Morgan fingerprint density at radius 3 is 2.92 bits per heavy atom. The lowest BCUT2D eigenvalue weighted by Crippen LogP contribution is -2.46. The first-order chi connectivity index (χ1) is 12.2. The van der Waals surface area contributed by atoms with Crippen LogP contribution in [-0.2, 0) is 0 Å². The van der Waals surface area contributed by atoms with Crippen LogP contribution in [0, 0.1) is 0 Å². The lowest BCUT2D eigenvalue weighted by Gasteiger charge is -2.27. The first kappa shape index (κ1) is 16.1. The number of fused-ring (bicyclic) bond motifs is 1. The summed E-state index contributed by atoms with van der Waals surface area (Å²) in [4.78, 5) is 13.3. The third-order valence-electron chi connectivity index (χ3n) is 4.52. The van der Waals surface area contributed by atoms with Gasteiger partial charge in [0.1, 0.15) is 17.6 Å². The summed E-state index contributed by atoms with van der Waals surface area (Å²) in [7, 11) is 0. The minimum absolute atomic E-state index is 0.0347. The maximum Gasteiger partial charge on any atom is 0.269 e. The molecule has 1 aliphatic heterocycles. The van der Waals surface area contributed by atoms with Gasteiger partial charge in [-0.1, -0.05) is 43.3 Å². The monoisotopic (exact) mass is 352 g/mol. The van der Waals surface area contributed by atoms with E-state index in [1.54, 1.807) is 11.3 Å². The number of thiophene rings is 1. The summed E-state index contributed by atoms with van der Waals surface area (Å²) in [6.07, 6.45) is -0.0347. The van der Waals surface area contributed by atoms with Gasteiger partial charge in [-0.25, -0.2) is 4.68 Å². The number of hydrogen-bond donors (Lipinski definition) is 2. The summed E-state index contributed by atoms with van der Waals surface area (Å²) < 4.78 is 1.82. The van der Waals surface area contributed by atoms with Crippen molar-refractivity contribution in [3.05, 3.63) is 65.2 Å². The molecule has 0 radical (unpaired) electrons. The maximum atomic E-state index is 12.2. The fourth-order valence-corrected chi connectivity index (χ4v) is 3.76. The fraction of sp³-hybridized carbons (Fsp3) is 0.263. The largest absolute Gasteiger partial charge is 0.347 e. The van der Waals surface area contributed by atoms with Crippen LogP contribution in [0.4, 0.5) is 0 Å². The highest BCUT2D eigenvalue weighted by molar-refractivity contribution is 7.13. The number of nitrogens with one attached hydrogen (secondary N) is 2. The number of amides is 1. The standard InChI is InChI=1S/C19H20N4OS/c1-13(14-6-3-2-4-7-14)11-20-18-12-21-19(24)16-10-15(22-23(16)18)17-8-5-9-25-17/h2-10,13,18,20H,11-12H2,1H3,(H,21,24)/t13-,18+/m0/s1. The van der Waals surface area contributed by atoms with Crippen LogP contribution in [0.15, 0.2) is 53.9 Å². The Morgan fingerprint density at radius 2 is 2.16 bits per heavy atom. The zero-order chi connectivity index (χ0) is 17.2. The number of benzene rings is 1. The van der Waals surface area contributed by atoms with Gasteiger partial charge in [0.05, 0.1) is 11.4 Å². The van der Waals surface area contributed by atoms with E-state index in [1.807, 2.05) is 34.3 Å². The molecule has 0 aliphatic carbocycles. The Bertz CT molecular complexity index is 857. The van der Waals surface area contributed by atoms with Crippen molar-refractivity contribution in [2.24, 2.45) is 0 Å². The molecule has 2 aromatic heterocycles. The quantitative estimate of drug-likeness (QED) is 0.741. The van der Waals surface area contributed by atoms with Gasteiger partial charge in [0.25, 0.3) is 5.91 Å². The van der Waals surface area contributed by atoms with Gasteiger partial charge in [-0.15, -0.1) is 11.3 Å². The van der Waals surface area contributed by atoms with Crippen molar-refractivity contribution in [1.82, 2.24) is 20.4 Å². The molecule has 4 rings (SSSR count). The van der Waals surface area contributed by atoms with Gasteiger partial charge in [0.2, 0.25) is 0 Å². The van der Waals surface area contributed by atoms with E-state index in [2.05, 4.69) is 46.9 Å². The molecule has 1 aromatic carbocycles. The minimum atomic E-state index is -0.0653. The molecule has 2 atom stereocenters. The minimum Gasteiger partial charge on any atom is -0.347 e. The smallest absolute Gasteiger partial charge is 0.269 e. The maximum absolute atomic E-state index is 12.2. The van der Waals surface area contributed by atoms with Crippen LogP contribution < -0.4 is 10.6 Å². The molecule has 1 amide bonds. The Kier molecular flexibility index (Phi) is 4.38. The number of carbonyl (C=O) groups is 1. The highest BCUT2D eigenvalue weighted by atomic mass is 32.1. The van der Waals surface area contributed by atoms with Crippen molar-refractivity contribution in [2.45, 2.75) is 19.0 Å². The zero-order valence-electron chi connectivity index (χ0n) is 14.0. The first-order valence-electron chi connectivity index (χ1n) is 8.42. The Balaban J connectivity index is 1.52. The van der Waals surface area contributed by atoms with Crippen molar-refractivity contribution in [1.29, 1.82) is 0 Å². The summed E-state index contributed by atoms with van der Waals surface area (Å²) in [5, 5.41) is 13.2. The average Bonchev–Trinajstić information content (AvgIpc) is 3.31. The molecule has 3 heterocycles. The summed E-state index contributed by atoms with van der Waals surface area (Å²) >= 11 is 1.63. The van der Waals surface area contributed by atoms with E-state index in [0.717, 1.165) is 17.1 Å². The molecule has 1 aliphatic rings. The second-order valence-corrected chi connectivity index (χ2v) is 7.23. The van der Waals surface area contributed by atoms with Crippen molar-refractivity contribution < 1.29 is 4.79 Å². The van der Waals surface area contributed by atoms with Crippen molar-refractivity contribution in [2.75, 3.05) is 13.1 Å². The molecule has 0 spiro atoms. The van der Waals surface area contributed by atoms with Crippen molar-refractivity contribution in [3.8, 4) is 10.6 Å². The molecule has 0 saturated carbocycles. The molecule has 5 nitrogen and oxygen atoms in total. The predicted molar refractivity (Wildman–Crippen MR) is 99.8 cm³/mol. The summed E-state index contributed by atoms with van der Waals surface area (Å²) in [6.45, 7) is 3.56. The van der Waals surface area contributed by atoms with E-state index in [1.165, 1.54) is 5.56 Å². The molecule has 25 heavy (non-hydrogen) atoms. The highest BCUT2D eigenvalue weighted by Gasteiger charge is 2.27. The Hall–Kier alpha value is -2.44. The van der Waals surface area contributed by atoms with Crippen molar-refractivity contribution >= 4 is 17.2 Å². The molecule has 3 aromatic rings. The number of carbonyl (C=O) groups excluding carboxylic acids is 1. The molecular weight excluding hydrogens is 332 g/mol. The SMILES string of the molecule is C[C@@H](CN[C@H]1CNC(=O)c2cc(-c3cccs3)nn21)c1ccccc1. The van der Waals surface area contributed by atoms with Crippen molar-refractivity contribution in [3.63, 3.8) is 0 Å². The molecule has 128 valence electrons. The summed E-state index contributed by atoms with van der Waals surface area (Å²) in [5.41, 5.74) is 2.76. The van der Waals surface area contributed by atoms with Gasteiger partial charge in [0.15, 0.2) is 0 Å². The van der Waals surface area contributed by atoms with Crippen LogP contribution in [0.2, 0.25) is 0 Å². The number of nitrogens with zero attached hydrogens (tertiary/aromatic N) is 2. The van der Waals surface area contributed by atoms with E-state index >= 15 is 0 Å². The van der Waals surface area contributed by atoms with E-state index in [0.29, 0.717) is 18.2 Å². The van der Waals surface area contributed by atoms with Gasteiger partial charge in [-0.3, -0.25) is 10.1 Å². The Morgan fingerprint density at radius 1 is 1.32 bits per heavy atom. The predicted octanol–water partition coefficient (Wildman–Crippen LogP) is 3.25. The van der Waals surface area contributed by atoms with E-state index in [-0.39, 0.29) is 12.1 Å². The van der Waals surface area contributed by atoms with Crippen LogP contribution in [0.1, 0.15) is 35.1 Å². The van der Waals surface area contributed by atoms with E-state index in [4.69, 9.17) is 0 Å². The third kappa shape index (κ3) is 3.23. The molecular formula is C19H20N4OS. The molecule has 0 unspecified atom stereocenters. The molecule has 0 saturated heterocycles. The molecule has 2 N–H and O–H groups in total. The summed E-state index contributed by atoms with van der Waals surface area (Å²) in [5.74, 6) is 0.319. The molecule has 0 bridgehead atoms. The van der Waals surface area contributed by atoms with Crippen LogP contribution in [-0.4, -0.2) is 28.8 Å². The van der Waals surface area contributed by atoms with E-state index < -0.39 is 0 Å². The normalized spacial score (nSPS) is 17.8. The number of aromatic nitrogens is 2. The summed E-state index contributed by atoms with van der Waals surface area (Å²) in [6, 6.07) is 16.3. The lowest BCUT2D eigenvalue weighted by molar-refractivity contribution is 0.0900. The van der Waals surface area contributed by atoms with Crippen LogP contribution in [0.5, 0.6) is 0 Å². The van der Waals surface area contributed by atoms with E-state index in [9.17, 15) is 4.79 Å². The lowest BCUT2D eigenvalue weighted by atomic mass is 10.0. The van der Waals surface area contributed by atoms with Gasteiger partial charge in [-0.05, 0) is 29.0 Å². The number of hydrogen-bond acceptors (Lipinski definition) is 4. The van der Waals surface area contributed by atoms with Gasteiger partial charge in [0, 0.05) is 6.54 Å². The molecule has 6 heteroatoms. The molecule has 0 fully saturated rings. The third-order valence-corrected chi connectivity index (χ3v) is 5.41. The second-order valence-electron chi connectivity index (χ2n) is 6.28. The highest BCUT2D eigenvalue weighted by Crippen LogP contribution is 2.26. The topological polar surface area (TPSA) is 58.9 Å². The van der Waals surface area contributed by atoms with Crippen LogP contribution in [0.25, 0.3) is 10.6 Å². The first-order valence-corrected chi connectivity index (χ1v) is 9.30. The van der Waals surface area contributed by atoms with Gasteiger partial charge >= 0.3 is 0 Å². The fourth-order valence-electron chi connectivity index (χ4n) is 3.08. The van der Waals surface area contributed by atoms with Gasteiger partial charge < -0.3 is 5.32 Å². The number of rotatable bonds is 5. The zero-order valence-corrected chi connectivity index (χ0v) is 14.8. The average molecular weight is 352 g/mol. The van der Waals surface area contributed by atoms with Crippen LogP contribution in [0.3, 0.4) is 0 Å². The van der Waals surface area contributed by atoms with Crippen LogP contribution >= 0.6 is 11.3 Å². The second kappa shape index (κ2) is 6.82. The van der Waals surface area contributed by atoms with Gasteiger partial charge in [-0.2, -0.15) is 5.10 Å².